The number of imidazole rings is 1. The molecule has 3 aromatic rings. The predicted molar refractivity (Wildman–Crippen MR) is 74.1 cm³/mol. The van der Waals surface area contributed by atoms with Gasteiger partial charge in [0.05, 0.1) is 17.4 Å². The van der Waals surface area contributed by atoms with Crippen molar-refractivity contribution >= 4 is 22.9 Å². The van der Waals surface area contributed by atoms with Crippen LogP contribution in [0.15, 0.2) is 30.6 Å². The van der Waals surface area contributed by atoms with E-state index in [1.54, 1.807) is 22.6 Å². The number of fused-ring (bicyclic) bond motifs is 1. The van der Waals surface area contributed by atoms with Crippen LogP contribution in [0.4, 0.5) is 5.95 Å². The molecule has 2 aromatic heterocycles. The lowest BCUT2D eigenvalue weighted by Gasteiger charge is -2.03. The van der Waals surface area contributed by atoms with Crippen molar-refractivity contribution in [2.75, 3.05) is 5.32 Å². The van der Waals surface area contributed by atoms with Crippen LogP contribution in [0.1, 0.15) is 5.82 Å². The van der Waals surface area contributed by atoms with E-state index in [1.807, 2.05) is 31.2 Å². The summed E-state index contributed by atoms with van der Waals surface area (Å²) in [5.74, 6) is 0.881. The summed E-state index contributed by atoms with van der Waals surface area (Å²) in [4.78, 5) is 20.4. The summed E-state index contributed by atoms with van der Waals surface area (Å²) in [6.07, 6.45) is 1.65. The number of hydrogen-bond donors (Lipinski definition) is 1. The summed E-state index contributed by atoms with van der Waals surface area (Å²) in [5, 5.41) is 6.77. The molecule has 3 rings (SSSR count). The third-order valence-electron chi connectivity index (χ3n) is 3.07. The van der Waals surface area contributed by atoms with Gasteiger partial charge in [-0.2, -0.15) is 4.98 Å². The summed E-state index contributed by atoms with van der Waals surface area (Å²) >= 11 is 0. The predicted octanol–water partition coefficient (Wildman–Crippen LogP) is 1.11. The third kappa shape index (κ3) is 2.25. The molecule has 0 fully saturated rings. The summed E-state index contributed by atoms with van der Waals surface area (Å²) in [5.41, 5.74) is 1.79. The lowest BCUT2D eigenvalue weighted by Crippen LogP contribution is -2.19. The van der Waals surface area contributed by atoms with Gasteiger partial charge in [0.15, 0.2) is 0 Å². The highest BCUT2D eigenvalue weighted by atomic mass is 16.2. The number of nitrogens with one attached hydrogen (secondary N) is 1. The van der Waals surface area contributed by atoms with Gasteiger partial charge in [-0.25, -0.2) is 4.98 Å². The van der Waals surface area contributed by atoms with E-state index in [-0.39, 0.29) is 12.5 Å². The van der Waals surface area contributed by atoms with Crippen molar-refractivity contribution in [3.8, 4) is 0 Å². The Morgan fingerprint density at radius 2 is 2.15 bits per heavy atom. The minimum absolute atomic E-state index is 0.178. The van der Waals surface area contributed by atoms with E-state index < -0.39 is 0 Å². The molecular weight excluding hydrogens is 256 g/mol. The van der Waals surface area contributed by atoms with Crippen molar-refractivity contribution in [1.82, 2.24) is 24.3 Å². The maximum absolute atomic E-state index is 12.0. The number of aryl methyl sites for hydroxylation is 2. The van der Waals surface area contributed by atoms with E-state index in [1.165, 1.54) is 0 Å². The van der Waals surface area contributed by atoms with Crippen LogP contribution < -0.4 is 5.32 Å². The number of carbonyl (C=O) groups is 1. The first kappa shape index (κ1) is 12.3. The molecule has 1 aromatic carbocycles. The van der Waals surface area contributed by atoms with Crippen LogP contribution >= 0.6 is 0 Å². The van der Waals surface area contributed by atoms with E-state index in [9.17, 15) is 4.79 Å². The minimum atomic E-state index is -0.182. The SMILES string of the molecule is Cc1nc(NC(=O)Cn2cnc3ccccc32)nn1C. The quantitative estimate of drug-likeness (QED) is 0.773. The van der Waals surface area contributed by atoms with E-state index in [0.29, 0.717) is 5.95 Å². The number of carbonyl (C=O) groups excluding carboxylic acids is 1. The summed E-state index contributed by atoms with van der Waals surface area (Å²) < 4.78 is 3.41. The molecule has 0 spiro atoms. The minimum Gasteiger partial charge on any atom is -0.321 e. The molecule has 0 bridgehead atoms. The molecule has 0 unspecified atom stereocenters. The van der Waals surface area contributed by atoms with E-state index in [4.69, 9.17) is 0 Å². The third-order valence-corrected chi connectivity index (χ3v) is 3.07. The van der Waals surface area contributed by atoms with Crippen molar-refractivity contribution in [3.05, 3.63) is 36.4 Å². The zero-order valence-corrected chi connectivity index (χ0v) is 11.2. The molecule has 1 amide bonds. The monoisotopic (exact) mass is 270 g/mol. The fourth-order valence-corrected chi connectivity index (χ4v) is 1.97. The lowest BCUT2D eigenvalue weighted by molar-refractivity contribution is -0.116. The molecule has 2 heterocycles. The second-order valence-corrected chi connectivity index (χ2v) is 4.52. The topological polar surface area (TPSA) is 77.6 Å². The molecule has 1 N–H and O–H groups in total. The van der Waals surface area contributed by atoms with Gasteiger partial charge in [-0.05, 0) is 19.1 Å². The zero-order chi connectivity index (χ0) is 14.1. The molecule has 0 aliphatic heterocycles. The number of anilines is 1. The highest BCUT2D eigenvalue weighted by Gasteiger charge is 2.10. The lowest BCUT2D eigenvalue weighted by atomic mass is 10.3. The number of para-hydroxylation sites is 2. The normalized spacial score (nSPS) is 10.9. The maximum atomic E-state index is 12.0. The van der Waals surface area contributed by atoms with Crippen LogP contribution in [0.5, 0.6) is 0 Å². The van der Waals surface area contributed by atoms with Crippen LogP contribution in [0.3, 0.4) is 0 Å². The number of aromatic nitrogens is 5. The molecule has 0 radical (unpaired) electrons. The Morgan fingerprint density at radius 1 is 1.35 bits per heavy atom. The highest BCUT2D eigenvalue weighted by Crippen LogP contribution is 2.11. The van der Waals surface area contributed by atoms with Crippen LogP contribution in [0, 0.1) is 6.92 Å². The number of benzene rings is 1. The average Bonchev–Trinajstić information content (AvgIpc) is 2.95. The van der Waals surface area contributed by atoms with Crippen molar-refractivity contribution in [2.45, 2.75) is 13.5 Å². The fraction of sp³-hybridized carbons (Fsp3) is 0.231. The number of hydrogen-bond acceptors (Lipinski definition) is 4. The highest BCUT2D eigenvalue weighted by molar-refractivity contribution is 5.89. The van der Waals surface area contributed by atoms with Crippen molar-refractivity contribution < 1.29 is 4.79 Å². The first-order valence-electron chi connectivity index (χ1n) is 6.21. The molecule has 7 nitrogen and oxygen atoms in total. The largest absolute Gasteiger partial charge is 0.321 e. The molecule has 7 heteroatoms. The molecule has 102 valence electrons. The van der Waals surface area contributed by atoms with Crippen LogP contribution in [-0.4, -0.2) is 30.2 Å². The molecular formula is C13H14N6O. The molecule has 20 heavy (non-hydrogen) atoms. The molecule has 0 aliphatic carbocycles. The van der Waals surface area contributed by atoms with Gasteiger partial charge in [0, 0.05) is 7.05 Å². The number of rotatable bonds is 3. The van der Waals surface area contributed by atoms with Gasteiger partial charge in [-0.15, -0.1) is 5.10 Å². The Bertz CT molecular complexity index is 753. The van der Waals surface area contributed by atoms with Crippen LogP contribution in [0.25, 0.3) is 11.0 Å². The van der Waals surface area contributed by atoms with Gasteiger partial charge in [0.2, 0.25) is 11.9 Å². The van der Waals surface area contributed by atoms with E-state index >= 15 is 0 Å². The molecule has 0 atom stereocenters. The molecule has 0 saturated carbocycles. The first-order chi connectivity index (χ1) is 9.63. The van der Waals surface area contributed by atoms with Crippen molar-refractivity contribution in [1.29, 1.82) is 0 Å². The van der Waals surface area contributed by atoms with Crippen LogP contribution in [0.2, 0.25) is 0 Å². The standard InChI is InChI=1S/C13H14N6O/c1-9-15-13(17-18(9)2)16-12(20)7-19-8-14-10-5-3-4-6-11(10)19/h3-6,8H,7H2,1-2H3,(H,16,17,20). The Morgan fingerprint density at radius 3 is 2.90 bits per heavy atom. The molecule has 0 aliphatic rings. The smallest absolute Gasteiger partial charge is 0.249 e. The van der Waals surface area contributed by atoms with Gasteiger partial charge >= 0.3 is 0 Å². The maximum Gasteiger partial charge on any atom is 0.249 e. The van der Waals surface area contributed by atoms with Crippen molar-refractivity contribution in [3.63, 3.8) is 0 Å². The van der Waals surface area contributed by atoms with Gasteiger partial charge in [0.1, 0.15) is 12.4 Å². The Labute approximate surface area is 115 Å². The summed E-state index contributed by atoms with van der Waals surface area (Å²) in [7, 11) is 1.78. The number of nitrogens with zero attached hydrogens (tertiary/aromatic N) is 5. The Kier molecular flexibility index (Phi) is 2.94. The van der Waals surface area contributed by atoms with E-state index in [0.717, 1.165) is 16.9 Å². The van der Waals surface area contributed by atoms with Gasteiger partial charge in [-0.3, -0.25) is 14.8 Å². The zero-order valence-electron chi connectivity index (χ0n) is 11.2. The summed E-state index contributed by atoms with van der Waals surface area (Å²) in [6, 6.07) is 7.68. The van der Waals surface area contributed by atoms with E-state index in [2.05, 4.69) is 20.4 Å². The second kappa shape index (κ2) is 4.76. The van der Waals surface area contributed by atoms with Gasteiger partial charge in [-0.1, -0.05) is 12.1 Å². The molecule has 0 saturated heterocycles. The van der Waals surface area contributed by atoms with Crippen LogP contribution in [-0.2, 0) is 18.4 Å². The van der Waals surface area contributed by atoms with Gasteiger partial charge in [0.25, 0.3) is 0 Å². The Hall–Kier alpha value is -2.70. The van der Waals surface area contributed by atoms with Gasteiger partial charge < -0.3 is 4.57 Å². The second-order valence-electron chi connectivity index (χ2n) is 4.52. The number of amides is 1. The fourth-order valence-electron chi connectivity index (χ4n) is 1.97. The average molecular weight is 270 g/mol. The summed E-state index contributed by atoms with van der Waals surface area (Å²) in [6.45, 7) is 2.00. The first-order valence-corrected chi connectivity index (χ1v) is 6.21. The van der Waals surface area contributed by atoms with Crippen molar-refractivity contribution in [2.24, 2.45) is 7.05 Å². The Balaban J connectivity index is 1.76.